The van der Waals surface area contributed by atoms with Crippen LogP contribution in [0.25, 0.3) is 10.9 Å². The van der Waals surface area contributed by atoms with Gasteiger partial charge in [-0.2, -0.15) is 0 Å². The Balaban J connectivity index is 1.33. The van der Waals surface area contributed by atoms with E-state index < -0.39 is 10.0 Å². The van der Waals surface area contributed by atoms with Crippen LogP contribution in [0, 0.1) is 11.7 Å². The number of sulfonamides is 1. The van der Waals surface area contributed by atoms with Crippen molar-refractivity contribution in [1.29, 1.82) is 0 Å². The van der Waals surface area contributed by atoms with E-state index in [0.717, 1.165) is 5.56 Å². The largest absolute Gasteiger partial charge is 0.478 e. The normalized spacial score (nSPS) is 19.3. The van der Waals surface area contributed by atoms with Crippen LogP contribution in [0.15, 0.2) is 59.5 Å². The Morgan fingerprint density at radius 2 is 1.80 bits per heavy atom. The Morgan fingerprint density at radius 3 is 2.49 bits per heavy atom. The molecule has 2 aromatic carbocycles. The number of amides is 1. The maximum atomic E-state index is 13.1. The Morgan fingerprint density at radius 1 is 1.09 bits per heavy atom. The van der Waals surface area contributed by atoms with Gasteiger partial charge >= 0.3 is 0 Å². The molecule has 2 N–H and O–H groups in total. The van der Waals surface area contributed by atoms with Crippen LogP contribution in [0.4, 0.5) is 4.39 Å². The van der Waals surface area contributed by atoms with Gasteiger partial charge in [-0.1, -0.05) is 12.1 Å². The van der Waals surface area contributed by atoms with Crippen LogP contribution in [-0.4, -0.2) is 32.0 Å². The lowest BCUT2D eigenvalue weighted by Crippen LogP contribution is -2.41. The number of hydrogen-bond donors (Lipinski definition) is 2. The molecule has 1 aliphatic rings. The van der Waals surface area contributed by atoms with Crippen LogP contribution < -0.4 is 14.8 Å². The summed E-state index contributed by atoms with van der Waals surface area (Å²) in [4.78, 5) is 17.3. The number of benzene rings is 2. The molecular weight excluding hydrogens is 469 g/mol. The Labute approximate surface area is 205 Å². The number of aromatic nitrogens is 1. The Kier molecular flexibility index (Phi) is 7.66. The first-order valence-electron chi connectivity index (χ1n) is 11.9. The fourth-order valence-corrected chi connectivity index (χ4v) is 5.75. The molecule has 0 radical (unpaired) electrons. The van der Waals surface area contributed by atoms with E-state index in [1.165, 1.54) is 12.1 Å². The topological polar surface area (TPSA) is 97.4 Å². The van der Waals surface area contributed by atoms with Crippen molar-refractivity contribution in [1.82, 2.24) is 15.0 Å². The van der Waals surface area contributed by atoms with Crippen molar-refractivity contribution in [3.05, 3.63) is 66.0 Å². The fourth-order valence-electron chi connectivity index (χ4n) is 4.41. The molecule has 0 bridgehead atoms. The van der Waals surface area contributed by atoms with Gasteiger partial charge in [-0.05, 0) is 81.5 Å². The third-order valence-electron chi connectivity index (χ3n) is 6.39. The second-order valence-corrected chi connectivity index (χ2v) is 10.6. The number of carbonyl (C=O) groups excluding carboxylic acids is 1. The van der Waals surface area contributed by atoms with E-state index >= 15 is 0 Å². The van der Waals surface area contributed by atoms with E-state index in [2.05, 4.69) is 15.0 Å². The highest BCUT2D eigenvalue weighted by Gasteiger charge is 2.30. The Hall–Kier alpha value is -3.04. The number of rotatable bonds is 8. The molecule has 0 aliphatic heterocycles. The second-order valence-electron chi connectivity index (χ2n) is 8.89. The molecule has 0 unspecified atom stereocenters. The second kappa shape index (κ2) is 10.7. The van der Waals surface area contributed by atoms with Crippen molar-refractivity contribution in [3.63, 3.8) is 0 Å². The summed E-state index contributed by atoms with van der Waals surface area (Å²) in [5.74, 6) is -0.0489. The predicted molar refractivity (Wildman–Crippen MR) is 132 cm³/mol. The molecule has 1 atom stereocenters. The lowest BCUT2D eigenvalue weighted by atomic mass is 9.85. The molecule has 0 saturated heterocycles. The monoisotopic (exact) mass is 499 g/mol. The molecule has 4 rings (SSSR count). The van der Waals surface area contributed by atoms with Crippen molar-refractivity contribution in [2.24, 2.45) is 5.92 Å². The van der Waals surface area contributed by atoms with E-state index in [9.17, 15) is 17.6 Å². The number of nitrogens with zero attached hydrogens (tertiary/aromatic N) is 1. The standard InChI is InChI=1S/C26H30FN3O4S/c1-3-34-25-15-8-20-16-23(13-14-24(20)29-25)35(32,33)30-22-11-6-19(7-12-22)26(31)28-17(2)18-4-9-21(27)10-5-18/h4-5,8-10,13-17,19,22,30H,3,6-7,11-12H2,1-2H3,(H,28,31)/t17-,19-,22-/m1/s1. The summed E-state index contributed by atoms with van der Waals surface area (Å²) >= 11 is 0. The van der Waals surface area contributed by atoms with Crippen molar-refractivity contribution < 1.29 is 22.3 Å². The maximum Gasteiger partial charge on any atom is 0.240 e. The van der Waals surface area contributed by atoms with Gasteiger partial charge in [0.15, 0.2) is 0 Å². The third-order valence-corrected chi connectivity index (χ3v) is 7.90. The number of halogens is 1. The highest BCUT2D eigenvalue weighted by Crippen LogP contribution is 2.27. The number of hydrogen-bond acceptors (Lipinski definition) is 5. The summed E-state index contributed by atoms with van der Waals surface area (Å²) in [6.07, 6.45) is 2.35. The number of carbonyl (C=O) groups is 1. The minimum atomic E-state index is -3.71. The van der Waals surface area contributed by atoms with Crippen LogP contribution in [-0.2, 0) is 14.8 Å². The van der Waals surface area contributed by atoms with E-state index in [1.54, 1.807) is 42.5 Å². The number of ether oxygens (including phenoxy) is 1. The minimum absolute atomic E-state index is 0.0587. The van der Waals surface area contributed by atoms with Crippen molar-refractivity contribution in [2.45, 2.75) is 56.5 Å². The van der Waals surface area contributed by atoms with Gasteiger partial charge in [0.05, 0.1) is 23.1 Å². The predicted octanol–water partition coefficient (Wildman–Crippen LogP) is 4.49. The molecule has 1 fully saturated rings. The maximum absolute atomic E-state index is 13.1. The number of pyridine rings is 1. The average Bonchev–Trinajstić information content (AvgIpc) is 2.84. The van der Waals surface area contributed by atoms with Gasteiger partial charge < -0.3 is 10.1 Å². The molecule has 1 aliphatic carbocycles. The first kappa shape index (κ1) is 25.1. The molecule has 1 aromatic heterocycles. The smallest absolute Gasteiger partial charge is 0.240 e. The first-order chi connectivity index (χ1) is 16.7. The highest BCUT2D eigenvalue weighted by atomic mass is 32.2. The van der Waals surface area contributed by atoms with Crippen molar-refractivity contribution >= 4 is 26.8 Å². The lowest BCUT2D eigenvalue weighted by Gasteiger charge is -2.29. The van der Waals surface area contributed by atoms with E-state index in [4.69, 9.17) is 4.74 Å². The van der Waals surface area contributed by atoms with Crippen LogP contribution in [0.3, 0.4) is 0 Å². The van der Waals surface area contributed by atoms with Crippen LogP contribution in [0.2, 0.25) is 0 Å². The molecule has 1 heterocycles. The Bertz CT molecular complexity index is 1290. The molecule has 7 nitrogen and oxygen atoms in total. The molecule has 3 aromatic rings. The van der Waals surface area contributed by atoms with E-state index in [1.807, 2.05) is 13.8 Å². The van der Waals surface area contributed by atoms with Gasteiger partial charge in [0.2, 0.25) is 21.8 Å². The SMILES string of the molecule is CCOc1ccc2cc(S(=O)(=O)N[C@H]3CC[C@H](C(=O)N[C@H](C)c4ccc(F)cc4)CC3)ccc2n1. The molecule has 1 saturated carbocycles. The zero-order chi connectivity index (χ0) is 25.0. The summed E-state index contributed by atoms with van der Waals surface area (Å²) in [5.41, 5.74) is 1.50. The van der Waals surface area contributed by atoms with Gasteiger partial charge in [0.25, 0.3) is 0 Å². The summed E-state index contributed by atoms with van der Waals surface area (Å²) < 4.78 is 47.3. The summed E-state index contributed by atoms with van der Waals surface area (Å²) in [7, 11) is -3.71. The molecule has 0 spiro atoms. The fraction of sp³-hybridized carbons (Fsp3) is 0.385. The summed E-state index contributed by atoms with van der Waals surface area (Å²) in [5, 5.41) is 3.70. The van der Waals surface area contributed by atoms with Crippen molar-refractivity contribution in [3.8, 4) is 5.88 Å². The number of fused-ring (bicyclic) bond motifs is 1. The van der Waals surface area contributed by atoms with Gasteiger partial charge in [-0.15, -0.1) is 0 Å². The van der Waals surface area contributed by atoms with Gasteiger partial charge in [-0.3, -0.25) is 4.79 Å². The van der Waals surface area contributed by atoms with E-state index in [0.29, 0.717) is 49.1 Å². The molecule has 35 heavy (non-hydrogen) atoms. The van der Waals surface area contributed by atoms with Crippen LogP contribution in [0.5, 0.6) is 5.88 Å². The minimum Gasteiger partial charge on any atom is -0.478 e. The third kappa shape index (κ3) is 6.15. The van der Waals surface area contributed by atoms with Gasteiger partial charge in [0.1, 0.15) is 5.82 Å². The zero-order valence-corrected chi connectivity index (χ0v) is 20.6. The highest BCUT2D eigenvalue weighted by molar-refractivity contribution is 7.89. The quantitative estimate of drug-likeness (QED) is 0.476. The molecule has 186 valence electrons. The van der Waals surface area contributed by atoms with Gasteiger partial charge in [0, 0.05) is 23.4 Å². The van der Waals surface area contributed by atoms with Crippen molar-refractivity contribution in [2.75, 3.05) is 6.61 Å². The van der Waals surface area contributed by atoms with Gasteiger partial charge in [-0.25, -0.2) is 22.5 Å². The summed E-state index contributed by atoms with van der Waals surface area (Å²) in [6, 6.07) is 14.0. The molecule has 9 heteroatoms. The van der Waals surface area contributed by atoms with E-state index in [-0.39, 0.29) is 34.6 Å². The molecular formula is C26H30FN3O4S. The summed E-state index contributed by atoms with van der Waals surface area (Å²) in [6.45, 7) is 4.25. The van der Waals surface area contributed by atoms with Crippen LogP contribution in [0.1, 0.15) is 51.1 Å². The zero-order valence-electron chi connectivity index (χ0n) is 19.8. The lowest BCUT2D eigenvalue weighted by molar-refractivity contribution is -0.126. The van der Waals surface area contributed by atoms with Crippen LogP contribution >= 0.6 is 0 Å². The average molecular weight is 500 g/mol. The first-order valence-corrected chi connectivity index (χ1v) is 13.4. The molecule has 1 amide bonds. The number of nitrogens with one attached hydrogen (secondary N) is 2.